The number of rotatable bonds is 5. The lowest BCUT2D eigenvalue weighted by Crippen LogP contribution is -3.29. The zero-order valence-electron chi connectivity index (χ0n) is 14.6. The third-order valence-corrected chi connectivity index (χ3v) is 5.03. The molecule has 1 amide bonds. The van der Waals surface area contributed by atoms with Gasteiger partial charge in [0.15, 0.2) is 6.04 Å². The Morgan fingerprint density at radius 3 is 2.36 bits per heavy atom. The second-order valence-electron chi connectivity index (χ2n) is 6.76. The molecule has 0 radical (unpaired) electrons. The van der Waals surface area contributed by atoms with Gasteiger partial charge in [-0.05, 0) is 19.1 Å². The molecule has 1 saturated heterocycles. The summed E-state index contributed by atoms with van der Waals surface area (Å²) in [5.41, 5.74) is 1.61. The smallest absolute Gasteiger partial charge is 0.282 e. The molecule has 0 aromatic heterocycles. The zero-order valence-corrected chi connectivity index (χ0v) is 14.6. The Morgan fingerprint density at radius 1 is 1.04 bits per heavy atom. The molecular formula is C20H26FN3O+2. The Hall–Kier alpha value is -2.24. The highest BCUT2D eigenvalue weighted by Gasteiger charge is 2.31. The van der Waals surface area contributed by atoms with Gasteiger partial charge in [0.2, 0.25) is 0 Å². The number of hydrogen-bond acceptors (Lipinski definition) is 1. The summed E-state index contributed by atoms with van der Waals surface area (Å²) < 4.78 is 13.7. The predicted molar refractivity (Wildman–Crippen MR) is 96.0 cm³/mol. The first-order valence-corrected chi connectivity index (χ1v) is 8.91. The number of halogens is 1. The molecule has 1 fully saturated rings. The highest BCUT2D eigenvalue weighted by atomic mass is 19.1. The molecule has 132 valence electrons. The number of para-hydroxylation sites is 1. The van der Waals surface area contributed by atoms with Gasteiger partial charge in [-0.3, -0.25) is 4.79 Å². The number of amides is 1. The van der Waals surface area contributed by atoms with E-state index >= 15 is 0 Å². The van der Waals surface area contributed by atoms with Crippen LogP contribution in [0.25, 0.3) is 0 Å². The SMILES string of the molecule is C[C@H](C(=O)Nc1ccccc1F)[NH+]1CC[NH+](Cc2ccccc2)CC1. The fourth-order valence-corrected chi connectivity index (χ4v) is 3.41. The molecule has 1 aliphatic heterocycles. The highest BCUT2D eigenvalue weighted by molar-refractivity contribution is 5.93. The van der Waals surface area contributed by atoms with E-state index in [1.165, 1.54) is 16.5 Å². The summed E-state index contributed by atoms with van der Waals surface area (Å²) in [5, 5.41) is 2.72. The summed E-state index contributed by atoms with van der Waals surface area (Å²) in [6.45, 7) is 6.95. The summed E-state index contributed by atoms with van der Waals surface area (Å²) in [4.78, 5) is 15.3. The molecule has 0 unspecified atom stereocenters. The van der Waals surface area contributed by atoms with Gasteiger partial charge >= 0.3 is 0 Å². The molecule has 2 aromatic carbocycles. The molecule has 1 aliphatic rings. The Bertz CT molecular complexity index is 699. The number of nitrogens with one attached hydrogen (secondary N) is 3. The minimum Gasteiger partial charge on any atom is -0.322 e. The number of hydrogen-bond donors (Lipinski definition) is 3. The van der Waals surface area contributed by atoms with Crippen molar-refractivity contribution in [2.45, 2.75) is 19.5 Å². The molecular weight excluding hydrogens is 317 g/mol. The lowest BCUT2D eigenvalue weighted by molar-refractivity contribution is -1.02. The van der Waals surface area contributed by atoms with Crippen LogP contribution in [0.5, 0.6) is 0 Å². The summed E-state index contributed by atoms with van der Waals surface area (Å²) in [6.07, 6.45) is 0. The minimum absolute atomic E-state index is 0.119. The maximum Gasteiger partial charge on any atom is 0.282 e. The molecule has 5 heteroatoms. The number of carbonyl (C=O) groups is 1. The summed E-state index contributed by atoms with van der Waals surface area (Å²) >= 11 is 0. The van der Waals surface area contributed by atoms with E-state index in [2.05, 4.69) is 29.6 Å². The monoisotopic (exact) mass is 343 g/mol. The van der Waals surface area contributed by atoms with Crippen LogP contribution in [0.3, 0.4) is 0 Å². The van der Waals surface area contributed by atoms with Crippen LogP contribution in [0.15, 0.2) is 54.6 Å². The quantitative estimate of drug-likeness (QED) is 0.710. The van der Waals surface area contributed by atoms with Crippen LogP contribution >= 0.6 is 0 Å². The van der Waals surface area contributed by atoms with Crippen LogP contribution < -0.4 is 15.1 Å². The van der Waals surface area contributed by atoms with Crippen molar-refractivity contribution in [3.05, 3.63) is 66.0 Å². The molecule has 0 saturated carbocycles. The van der Waals surface area contributed by atoms with Gasteiger partial charge < -0.3 is 15.1 Å². The van der Waals surface area contributed by atoms with Crippen LogP contribution in [-0.2, 0) is 11.3 Å². The molecule has 1 heterocycles. The normalized spacial score (nSPS) is 21.5. The maximum absolute atomic E-state index is 13.7. The fourth-order valence-electron chi connectivity index (χ4n) is 3.41. The van der Waals surface area contributed by atoms with Crippen molar-refractivity contribution < 1.29 is 19.0 Å². The fraction of sp³-hybridized carbons (Fsp3) is 0.350. The molecule has 2 aromatic rings. The van der Waals surface area contributed by atoms with E-state index < -0.39 is 5.82 Å². The molecule has 3 N–H and O–H groups in total. The maximum atomic E-state index is 13.7. The first kappa shape index (κ1) is 17.6. The van der Waals surface area contributed by atoms with E-state index in [9.17, 15) is 9.18 Å². The van der Waals surface area contributed by atoms with E-state index in [-0.39, 0.29) is 17.6 Å². The number of carbonyl (C=O) groups excluding carboxylic acids is 1. The largest absolute Gasteiger partial charge is 0.322 e. The number of piperazine rings is 1. The van der Waals surface area contributed by atoms with Gasteiger partial charge in [0.1, 0.15) is 38.5 Å². The van der Waals surface area contributed by atoms with Crippen molar-refractivity contribution in [3.63, 3.8) is 0 Å². The highest BCUT2D eigenvalue weighted by Crippen LogP contribution is 2.12. The number of anilines is 1. The van der Waals surface area contributed by atoms with E-state index in [1.807, 2.05) is 13.0 Å². The van der Waals surface area contributed by atoms with Crippen LogP contribution in [0.4, 0.5) is 10.1 Å². The van der Waals surface area contributed by atoms with Gasteiger partial charge in [-0.1, -0.05) is 42.5 Å². The van der Waals surface area contributed by atoms with E-state index in [0.29, 0.717) is 0 Å². The zero-order chi connectivity index (χ0) is 17.6. The lowest BCUT2D eigenvalue weighted by atomic mass is 10.1. The van der Waals surface area contributed by atoms with Crippen molar-refractivity contribution in [1.82, 2.24) is 0 Å². The number of benzene rings is 2. The third-order valence-electron chi connectivity index (χ3n) is 5.03. The molecule has 0 aliphatic carbocycles. The molecule has 4 nitrogen and oxygen atoms in total. The summed E-state index contributed by atoms with van der Waals surface area (Å²) in [5.74, 6) is -0.512. The summed E-state index contributed by atoms with van der Waals surface area (Å²) in [6, 6.07) is 16.6. The Kier molecular flexibility index (Phi) is 5.79. The van der Waals surface area contributed by atoms with Crippen LogP contribution in [0, 0.1) is 5.82 Å². The van der Waals surface area contributed by atoms with E-state index in [0.717, 1.165) is 32.7 Å². The van der Waals surface area contributed by atoms with E-state index in [4.69, 9.17) is 0 Å². The van der Waals surface area contributed by atoms with Crippen LogP contribution in [-0.4, -0.2) is 38.1 Å². The first-order valence-electron chi connectivity index (χ1n) is 8.91. The molecule has 1 atom stereocenters. The predicted octanol–water partition coefficient (Wildman–Crippen LogP) is 0.136. The third kappa shape index (κ3) is 4.65. The molecule has 0 bridgehead atoms. The van der Waals surface area contributed by atoms with Gasteiger partial charge in [0, 0.05) is 5.56 Å². The molecule has 3 rings (SSSR count). The van der Waals surface area contributed by atoms with Gasteiger partial charge in [-0.2, -0.15) is 0 Å². The minimum atomic E-state index is -0.393. The Morgan fingerprint density at radius 2 is 1.68 bits per heavy atom. The van der Waals surface area contributed by atoms with Crippen LogP contribution in [0.1, 0.15) is 12.5 Å². The van der Waals surface area contributed by atoms with Crippen molar-refractivity contribution in [2.24, 2.45) is 0 Å². The van der Waals surface area contributed by atoms with E-state index in [1.54, 1.807) is 23.1 Å². The van der Waals surface area contributed by atoms with Gasteiger partial charge in [0.25, 0.3) is 5.91 Å². The standard InChI is InChI=1S/C20H24FN3O/c1-16(20(25)22-19-10-6-5-9-18(19)21)24-13-11-23(12-14-24)15-17-7-3-2-4-8-17/h2-10,16H,11-15H2,1H3,(H,22,25)/p+2/t16-/m1/s1. The average molecular weight is 343 g/mol. The van der Waals surface area contributed by atoms with Gasteiger partial charge in [-0.15, -0.1) is 0 Å². The average Bonchev–Trinajstić information content (AvgIpc) is 2.64. The topological polar surface area (TPSA) is 38.0 Å². The second kappa shape index (κ2) is 8.23. The van der Waals surface area contributed by atoms with Gasteiger partial charge in [0.05, 0.1) is 5.69 Å². The Balaban J connectivity index is 1.50. The van der Waals surface area contributed by atoms with Crippen LogP contribution in [0.2, 0.25) is 0 Å². The number of quaternary nitrogens is 2. The summed E-state index contributed by atoms with van der Waals surface area (Å²) in [7, 11) is 0. The van der Waals surface area contributed by atoms with Crippen molar-refractivity contribution in [2.75, 3.05) is 31.5 Å². The van der Waals surface area contributed by atoms with Crippen molar-refractivity contribution >= 4 is 11.6 Å². The first-order chi connectivity index (χ1) is 12.1. The van der Waals surface area contributed by atoms with Gasteiger partial charge in [-0.25, -0.2) is 4.39 Å². The molecule has 0 spiro atoms. The van der Waals surface area contributed by atoms with Crippen molar-refractivity contribution in [1.29, 1.82) is 0 Å². The molecule has 25 heavy (non-hydrogen) atoms. The lowest BCUT2D eigenvalue weighted by Gasteiger charge is -2.32. The van der Waals surface area contributed by atoms with Crippen molar-refractivity contribution in [3.8, 4) is 0 Å². The Labute approximate surface area is 148 Å². The second-order valence-corrected chi connectivity index (χ2v) is 6.76.